The van der Waals surface area contributed by atoms with Gasteiger partial charge in [0.25, 0.3) is 5.91 Å². The third-order valence-electron chi connectivity index (χ3n) is 2.85. The van der Waals surface area contributed by atoms with Crippen molar-refractivity contribution in [3.63, 3.8) is 0 Å². The first-order valence-electron chi connectivity index (χ1n) is 6.49. The van der Waals surface area contributed by atoms with E-state index in [1.165, 1.54) is 6.92 Å². The highest BCUT2D eigenvalue weighted by Gasteiger charge is 2.19. The predicted octanol–water partition coefficient (Wildman–Crippen LogP) is 4.29. The van der Waals surface area contributed by atoms with Gasteiger partial charge in [-0.3, -0.25) is 4.79 Å². The number of anilines is 1. The minimum Gasteiger partial charge on any atom is -0.449 e. The maximum absolute atomic E-state index is 12.0. The Kier molecular flexibility index (Phi) is 5.57. The van der Waals surface area contributed by atoms with E-state index < -0.39 is 18.0 Å². The van der Waals surface area contributed by atoms with Crippen molar-refractivity contribution in [2.45, 2.75) is 13.0 Å². The zero-order chi connectivity index (χ0) is 16.1. The molecular formula is C16H13BrClNO3. The Morgan fingerprint density at radius 2 is 1.91 bits per heavy atom. The number of hydrogen-bond acceptors (Lipinski definition) is 3. The average molecular weight is 383 g/mol. The number of para-hydroxylation sites is 1. The summed E-state index contributed by atoms with van der Waals surface area (Å²) in [6.45, 7) is 1.50. The normalized spacial score (nSPS) is 11.6. The summed E-state index contributed by atoms with van der Waals surface area (Å²) in [5, 5.41) is 3.04. The molecule has 0 aromatic heterocycles. The first-order valence-corrected chi connectivity index (χ1v) is 7.66. The molecule has 22 heavy (non-hydrogen) atoms. The van der Waals surface area contributed by atoms with Gasteiger partial charge in [-0.15, -0.1) is 0 Å². The molecule has 1 atom stereocenters. The average Bonchev–Trinajstić information content (AvgIpc) is 2.49. The smallest absolute Gasteiger partial charge is 0.338 e. The molecule has 114 valence electrons. The van der Waals surface area contributed by atoms with Crippen LogP contribution in [0.25, 0.3) is 0 Å². The molecule has 1 amide bonds. The fourth-order valence-corrected chi connectivity index (χ4v) is 2.28. The summed E-state index contributed by atoms with van der Waals surface area (Å²) >= 11 is 9.24. The second-order valence-corrected chi connectivity index (χ2v) is 5.85. The molecule has 0 saturated heterocycles. The van der Waals surface area contributed by atoms with Crippen LogP contribution in [-0.4, -0.2) is 18.0 Å². The Bertz CT molecular complexity index is 705. The van der Waals surface area contributed by atoms with Crippen LogP contribution in [0.5, 0.6) is 0 Å². The summed E-state index contributed by atoms with van der Waals surface area (Å²) in [5.74, 6) is -1.01. The van der Waals surface area contributed by atoms with Gasteiger partial charge >= 0.3 is 5.97 Å². The summed E-state index contributed by atoms with van der Waals surface area (Å²) in [5.41, 5.74) is 0.839. The fourth-order valence-electron chi connectivity index (χ4n) is 1.69. The Balaban J connectivity index is 1.99. The number of ether oxygens (including phenoxy) is 1. The van der Waals surface area contributed by atoms with Gasteiger partial charge in [-0.25, -0.2) is 4.79 Å². The number of nitrogens with one attached hydrogen (secondary N) is 1. The highest BCUT2D eigenvalue weighted by atomic mass is 79.9. The summed E-state index contributed by atoms with van der Waals surface area (Å²) in [6, 6.07) is 13.6. The maximum Gasteiger partial charge on any atom is 0.338 e. The Morgan fingerprint density at radius 3 is 2.59 bits per heavy atom. The monoisotopic (exact) mass is 381 g/mol. The van der Waals surface area contributed by atoms with E-state index in [4.69, 9.17) is 16.3 Å². The van der Waals surface area contributed by atoms with E-state index in [1.807, 2.05) is 0 Å². The summed E-state index contributed by atoms with van der Waals surface area (Å²) in [7, 11) is 0. The number of hydrogen-bond donors (Lipinski definition) is 1. The van der Waals surface area contributed by atoms with Crippen LogP contribution in [0.3, 0.4) is 0 Å². The van der Waals surface area contributed by atoms with Crippen molar-refractivity contribution >= 4 is 45.1 Å². The van der Waals surface area contributed by atoms with Gasteiger partial charge < -0.3 is 10.1 Å². The number of benzene rings is 2. The third-order valence-corrected chi connectivity index (χ3v) is 3.67. The van der Waals surface area contributed by atoms with Gasteiger partial charge in [0.15, 0.2) is 6.10 Å². The van der Waals surface area contributed by atoms with Crippen molar-refractivity contribution in [3.8, 4) is 0 Å². The van der Waals surface area contributed by atoms with E-state index in [9.17, 15) is 9.59 Å². The van der Waals surface area contributed by atoms with Crippen LogP contribution in [0.2, 0.25) is 5.02 Å². The van der Waals surface area contributed by atoms with Crippen LogP contribution in [0.1, 0.15) is 17.3 Å². The molecule has 6 heteroatoms. The van der Waals surface area contributed by atoms with E-state index in [-0.39, 0.29) is 0 Å². The lowest BCUT2D eigenvalue weighted by atomic mass is 10.2. The van der Waals surface area contributed by atoms with Gasteiger partial charge in [0.2, 0.25) is 0 Å². The number of rotatable bonds is 4. The topological polar surface area (TPSA) is 55.4 Å². The van der Waals surface area contributed by atoms with Crippen molar-refractivity contribution in [3.05, 3.63) is 63.6 Å². The molecule has 0 aliphatic heterocycles. The number of esters is 1. The standard InChI is InChI=1S/C16H13BrClNO3/c1-10(15(20)19-14-8-3-2-7-13(14)18)22-16(21)11-5-4-6-12(17)9-11/h2-10H,1H3,(H,19,20). The van der Waals surface area contributed by atoms with Gasteiger partial charge in [-0.05, 0) is 37.3 Å². The largest absolute Gasteiger partial charge is 0.449 e. The molecule has 0 bridgehead atoms. The number of halogens is 2. The quantitative estimate of drug-likeness (QED) is 0.803. The van der Waals surface area contributed by atoms with Gasteiger partial charge in [-0.1, -0.05) is 45.7 Å². The lowest BCUT2D eigenvalue weighted by molar-refractivity contribution is -0.123. The molecule has 2 rings (SSSR count). The third kappa shape index (κ3) is 4.32. The molecule has 0 aliphatic carbocycles. The maximum atomic E-state index is 12.0. The van der Waals surface area contributed by atoms with Crippen molar-refractivity contribution < 1.29 is 14.3 Å². The molecular weight excluding hydrogens is 370 g/mol. The van der Waals surface area contributed by atoms with Crippen LogP contribution >= 0.6 is 27.5 Å². The molecule has 0 saturated carbocycles. The van der Waals surface area contributed by atoms with Gasteiger partial charge in [-0.2, -0.15) is 0 Å². The lowest BCUT2D eigenvalue weighted by Gasteiger charge is -2.14. The van der Waals surface area contributed by atoms with Crippen molar-refractivity contribution in [1.82, 2.24) is 0 Å². The van der Waals surface area contributed by atoms with Crippen molar-refractivity contribution in [2.75, 3.05) is 5.32 Å². The molecule has 4 nitrogen and oxygen atoms in total. The predicted molar refractivity (Wildman–Crippen MR) is 89.1 cm³/mol. The SMILES string of the molecule is CC(OC(=O)c1cccc(Br)c1)C(=O)Nc1ccccc1Cl. The molecule has 2 aromatic carbocycles. The van der Waals surface area contributed by atoms with E-state index in [1.54, 1.807) is 48.5 Å². The minimum atomic E-state index is -0.942. The van der Waals surface area contributed by atoms with Gasteiger partial charge in [0.1, 0.15) is 0 Å². The van der Waals surface area contributed by atoms with Crippen LogP contribution in [0.4, 0.5) is 5.69 Å². The molecule has 0 heterocycles. The molecule has 1 unspecified atom stereocenters. The first kappa shape index (κ1) is 16.5. The number of carbonyl (C=O) groups excluding carboxylic acids is 2. The molecule has 0 radical (unpaired) electrons. The van der Waals surface area contributed by atoms with E-state index >= 15 is 0 Å². The summed E-state index contributed by atoms with van der Waals surface area (Å²) in [6.07, 6.45) is -0.942. The van der Waals surface area contributed by atoms with Gasteiger partial charge in [0, 0.05) is 4.47 Å². The molecule has 0 spiro atoms. The summed E-state index contributed by atoms with van der Waals surface area (Å²) in [4.78, 5) is 24.0. The van der Waals surface area contributed by atoms with Gasteiger partial charge in [0.05, 0.1) is 16.3 Å². The Labute approximate surface area is 141 Å². The molecule has 0 fully saturated rings. The van der Waals surface area contributed by atoms with Crippen molar-refractivity contribution in [1.29, 1.82) is 0 Å². The van der Waals surface area contributed by atoms with Crippen molar-refractivity contribution in [2.24, 2.45) is 0 Å². The van der Waals surface area contributed by atoms with E-state index in [2.05, 4.69) is 21.2 Å². The zero-order valence-corrected chi connectivity index (χ0v) is 14.0. The first-order chi connectivity index (χ1) is 10.5. The van der Waals surface area contributed by atoms with E-state index in [0.29, 0.717) is 16.3 Å². The Hall–Kier alpha value is -1.85. The summed E-state index contributed by atoms with van der Waals surface area (Å²) < 4.78 is 5.91. The highest BCUT2D eigenvalue weighted by Crippen LogP contribution is 2.21. The van der Waals surface area contributed by atoms with Crippen LogP contribution < -0.4 is 5.32 Å². The lowest BCUT2D eigenvalue weighted by Crippen LogP contribution is -2.30. The number of carbonyl (C=O) groups is 2. The minimum absolute atomic E-state index is 0.367. The molecule has 2 aromatic rings. The second-order valence-electron chi connectivity index (χ2n) is 4.53. The van der Waals surface area contributed by atoms with Crippen LogP contribution in [0.15, 0.2) is 53.0 Å². The van der Waals surface area contributed by atoms with Crippen LogP contribution in [-0.2, 0) is 9.53 Å². The number of amides is 1. The molecule has 1 N–H and O–H groups in total. The zero-order valence-electron chi connectivity index (χ0n) is 11.7. The Morgan fingerprint density at radius 1 is 1.18 bits per heavy atom. The second kappa shape index (κ2) is 7.42. The fraction of sp³-hybridized carbons (Fsp3) is 0.125. The highest BCUT2D eigenvalue weighted by molar-refractivity contribution is 9.10. The van der Waals surface area contributed by atoms with E-state index in [0.717, 1.165) is 4.47 Å². The van der Waals surface area contributed by atoms with Crippen LogP contribution in [0, 0.1) is 0 Å². The molecule has 0 aliphatic rings.